The summed E-state index contributed by atoms with van der Waals surface area (Å²) in [7, 11) is 0. The topological polar surface area (TPSA) is 33.6 Å². The summed E-state index contributed by atoms with van der Waals surface area (Å²) in [5, 5.41) is 6.88. The van der Waals surface area contributed by atoms with E-state index in [1.165, 1.54) is 11.1 Å². The predicted molar refractivity (Wildman–Crippen MR) is 62.4 cm³/mol. The van der Waals surface area contributed by atoms with Gasteiger partial charge >= 0.3 is 0 Å². The van der Waals surface area contributed by atoms with E-state index in [1.807, 2.05) is 23.6 Å². The lowest BCUT2D eigenvalue weighted by molar-refractivity contribution is 0.747. The van der Waals surface area contributed by atoms with Gasteiger partial charge in [-0.3, -0.25) is 9.67 Å². The van der Waals surface area contributed by atoms with E-state index < -0.39 is 0 Å². The molecule has 3 nitrogen and oxygen atoms in total. The summed E-state index contributed by atoms with van der Waals surface area (Å²) in [6.07, 6.45) is 0. The molecule has 15 heavy (non-hydrogen) atoms. The predicted octanol–water partition coefficient (Wildman–Crippen LogP) is 2.61. The van der Waals surface area contributed by atoms with Gasteiger partial charge in [0.1, 0.15) is 5.82 Å². The van der Waals surface area contributed by atoms with Crippen molar-refractivity contribution in [2.45, 2.75) is 20.4 Å². The molecule has 0 fully saturated rings. The first-order valence-corrected chi connectivity index (χ1v) is 5.25. The molecule has 0 unspecified atom stereocenters. The van der Waals surface area contributed by atoms with Crippen molar-refractivity contribution in [2.75, 3.05) is 0 Å². The molecule has 1 N–H and O–H groups in total. The van der Waals surface area contributed by atoms with E-state index in [0.29, 0.717) is 4.77 Å². The zero-order valence-electron chi connectivity index (χ0n) is 8.82. The average molecular weight is 219 g/mol. The maximum absolute atomic E-state index is 5.16. The molecule has 0 aliphatic carbocycles. The van der Waals surface area contributed by atoms with E-state index in [-0.39, 0.29) is 0 Å². The van der Waals surface area contributed by atoms with Crippen LogP contribution in [0.1, 0.15) is 17.0 Å². The first kappa shape index (κ1) is 10.1. The molecule has 0 radical (unpaired) electrons. The summed E-state index contributed by atoms with van der Waals surface area (Å²) in [5.41, 5.74) is 2.55. The van der Waals surface area contributed by atoms with Gasteiger partial charge in [-0.05, 0) is 37.2 Å². The number of aromatic amines is 1. The van der Waals surface area contributed by atoms with E-state index in [9.17, 15) is 0 Å². The number of hydrogen-bond acceptors (Lipinski definition) is 2. The van der Waals surface area contributed by atoms with E-state index >= 15 is 0 Å². The third kappa shape index (κ3) is 1.99. The molecule has 4 heteroatoms. The molecular weight excluding hydrogens is 206 g/mol. The zero-order valence-corrected chi connectivity index (χ0v) is 9.64. The first-order chi connectivity index (χ1) is 7.18. The van der Waals surface area contributed by atoms with Crippen LogP contribution in [0.3, 0.4) is 0 Å². The number of aromatic nitrogens is 3. The quantitative estimate of drug-likeness (QED) is 0.788. The fourth-order valence-corrected chi connectivity index (χ4v) is 1.78. The van der Waals surface area contributed by atoms with Crippen molar-refractivity contribution >= 4 is 12.2 Å². The summed E-state index contributed by atoms with van der Waals surface area (Å²) in [6.45, 7) is 4.84. The van der Waals surface area contributed by atoms with E-state index in [4.69, 9.17) is 12.2 Å². The molecule has 0 saturated heterocycles. The summed E-state index contributed by atoms with van der Waals surface area (Å²) in [4.78, 5) is 0. The molecule has 0 aliphatic heterocycles. The molecular formula is C11H13N3S. The van der Waals surface area contributed by atoms with Gasteiger partial charge in [0.05, 0.1) is 6.54 Å². The van der Waals surface area contributed by atoms with Crippen molar-refractivity contribution in [1.29, 1.82) is 0 Å². The van der Waals surface area contributed by atoms with Crippen LogP contribution in [-0.4, -0.2) is 14.8 Å². The minimum Gasteiger partial charge on any atom is -0.300 e. The summed E-state index contributed by atoms with van der Waals surface area (Å²) >= 11 is 5.16. The van der Waals surface area contributed by atoms with Crippen molar-refractivity contribution < 1.29 is 0 Å². The lowest BCUT2D eigenvalue weighted by atomic mass is 10.1. The van der Waals surface area contributed by atoms with Crippen molar-refractivity contribution in [1.82, 2.24) is 14.8 Å². The van der Waals surface area contributed by atoms with E-state index in [2.05, 4.69) is 29.3 Å². The Morgan fingerprint density at radius 3 is 2.67 bits per heavy atom. The number of hydrogen-bond donors (Lipinski definition) is 1. The van der Waals surface area contributed by atoms with Crippen LogP contribution >= 0.6 is 12.2 Å². The average Bonchev–Trinajstić information content (AvgIpc) is 2.53. The molecule has 1 heterocycles. The van der Waals surface area contributed by atoms with Gasteiger partial charge in [-0.1, -0.05) is 24.3 Å². The Kier molecular flexibility index (Phi) is 2.68. The number of rotatable bonds is 2. The van der Waals surface area contributed by atoms with Gasteiger partial charge in [-0.25, -0.2) is 0 Å². The number of nitrogens with zero attached hydrogens (tertiary/aromatic N) is 2. The molecule has 0 atom stereocenters. The van der Waals surface area contributed by atoms with Crippen LogP contribution in [-0.2, 0) is 6.54 Å². The van der Waals surface area contributed by atoms with Crippen LogP contribution in [0, 0.1) is 18.6 Å². The smallest absolute Gasteiger partial charge is 0.195 e. The minimum atomic E-state index is 0.677. The van der Waals surface area contributed by atoms with Crippen molar-refractivity contribution in [3.8, 4) is 0 Å². The third-order valence-corrected chi connectivity index (χ3v) is 2.85. The Bertz CT molecular complexity index is 525. The second-order valence-electron chi connectivity index (χ2n) is 3.59. The van der Waals surface area contributed by atoms with Crippen molar-refractivity contribution in [3.63, 3.8) is 0 Å². The maximum atomic E-state index is 5.16. The lowest BCUT2D eigenvalue weighted by Crippen LogP contribution is -2.03. The standard InChI is InChI=1S/C11H13N3S/c1-8-5-3-4-6-10(8)7-14-9(2)12-13-11(14)15/h3-6H,7H2,1-2H3,(H,13,15). The molecule has 0 aliphatic rings. The third-order valence-electron chi connectivity index (χ3n) is 2.54. The molecule has 78 valence electrons. The maximum Gasteiger partial charge on any atom is 0.195 e. The van der Waals surface area contributed by atoms with Crippen molar-refractivity contribution in [3.05, 3.63) is 46.0 Å². The van der Waals surface area contributed by atoms with Gasteiger partial charge in [0.15, 0.2) is 4.77 Å². The Morgan fingerprint density at radius 2 is 2.07 bits per heavy atom. The van der Waals surface area contributed by atoms with Gasteiger partial charge in [0.25, 0.3) is 0 Å². The van der Waals surface area contributed by atoms with Crippen LogP contribution in [0.5, 0.6) is 0 Å². The monoisotopic (exact) mass is 219 g/mol. The molecule has 0 amide bonds. The van der Waals surface area contributed by atoms with Gasteiger partial charge in [-0.2, -0.15) is 5.10 Å². The fourth-order valence-electron chi connectivity index (χ4n) is 1.54. The minimum absolute atomic E-state index is 0.677. The second kappa shape index (κ2) is 3.98. The Balaban J connectivity index is 2.38. The van der Waals surface area contributed by atoms with Gasteiger partial charge in [0, 0.05) is 0 Å². The molecule has 0 bridgehead atoms. The fraction of sp³-hybridized carbons (Fsp3) is 0.273. The van der Waals surface area contributed by atoms with Crippen LogP contribution in [0.15, 0.2) is 24.3 Å². The SMILES string of the molecule is Cc1ccccc1Cn1c(C)n[nH]c1=S. The molecule has 2 rings (SSSR count). The largest absolute Gasteiger partial charge is 0.300 e. The van der Waals surface area contributed by atoms with E-state index in [1.54, 1.807) is 0 Å². The number of nitrogens with one attached hydrogen (secondary N) is 1. The van der Waals surface area contributed by atoms with Crippen LogP contribution in [0.25, 0.3) is 0 Å². The Morgan fingerprint density at radius 1 is 1.33 bits per heavy atom. The summed E-state index contributed by atoms with van der Waals surface area (Å²) in [6, 6.07) is 8.31. The molecule has 0 spiro atoms. The van der Waals surface area contributed by atoms with Gasteiger partial charge in [-0.15, -0.1) is 0 Å². The summed E-state index contributed by atoms with van der Waals surface area (Å²) in [5.74, 6) is 0.920. The van der Waals surface area contributed by atoms with Crippen LogP contribution < -0.4 is 0 Å². The van der Waals surface area contributed by atoms with Gasteiger partial charge < -0.3 is 0 Å². The lowest BCUT2D eigenvalue weighted by Gasteiger charge is -2.07. The Labute approximate surface area is 93.8 Å². The van der Waals surface area contributed by atoms with Crippen LogP contribution in [0.4, 0.5) is 0 Å². The number of aryl methyl sites for hydroxylation is 2. The highest BCUT2D eigenvalue weighted by Crippen LogP contribution is 2.10. The molecule has 1 aromatic heterocycles. The normalized spacial score (nSPS) is 10.5. The van der Waals surface area contributed by atoms with Crippen molar-refractivity contribution in [2.24, 2.45) is 0 Å². The highest BCUT2D eigenvalue weighted by molar-refractivity contribution is 7.71. The Hall–Kier alpha value is -1.42. The number of H-pyrrole nitrogens is 1. The summed E-state index contributed by atoms with van der Waals surface area (Å²) < 4.78 is 2.67. The second-order valence-corrected chi connectivity index (χ2v) is 3.98. The molecule has 0 saturated carbocycles. The zero-order chi connectivity index (χ0) is 10.8. The highest BCUT2D eigenvalue weighted by atomic mass is 32.1. The molecule has 2 aromatic rings. The van der Waals surface area contributed by atoms with Gasteiger partial charge in [0.2, 0.25) is 0 Å². The highest BCUT2D eigenvalue weighted by Gasteiger charge is 2.03. The molecule has 1 aromatic carbocycles. The van der Waals surface area contributed by atoms with E-state index in [0.717, 1.165) is 12.4 Å². The van der Waals surface area contributed by atoms with Crippen LogP contribution in [0.2, 0.25) is 0 Å². The first-order valence-electron chi connectivity index (χ1n) is 4.85. The number of benzene rings is 1.